The molecule has 1 aliphatic rings. The van der Waals surface area contributed by atoms with Crippen LogP contribution in [-0.4, -0.2) is 19.3 Å². The molecule has 0 radical (unpaired) electrons. The highest BCUT2D eigenvalue weighted by molar-refractivity contribution is 7.89. The maximum atomic E-state index is 12.9. The zero-order valence-corrected chi connectivity index (χ0v) is 13.6. The fourth-order valence-electron chi connectivity index (χ4n) is 2.74. The van der Waals surface area contributed by atoms with Crippen LogP contribution in [0, 0.1) is 0 Å². The molecule has 1 saturated heterocycles. The Kier molecular flexibility index (Phi) is 3.96. The minimum absolute atomic E-state index is 0.0220. The largest absolute Gasteiger partial charge is 0.398 e. The van der Waals surface area contributed by atoms with Gasteiger partial charge in [-0.05, 0) is 47.4 Å². The van der Waals surface area contributed by atoms with Crippen LogP contribution in [-0.2, 0) is 10.0 Å². The number of nitrogen functional groups attached to an aromatic ring is 1. The zero-order valence-electron chi connectivity index (χ0n) is 11.2. The molecule has 2 heterocycles. The van der Waals surface area contributed by atoms with E-state index in [4.69, 9.17) is 17.3 Å². The van der Waals surface area contributed by atoms with Crippen LogP contribution in [0.3, 0.4) is 0 Å². The average Bonchev–Trinajstić information content (AvgIpc) is 3.09. The molecule has 0 bridgehead atoms. The van der Waals surface area contributed by atoms with E-state index in [2.05, 4.69) is 0 Å². The van der Waals surface area contributed by atoms with Crippen LogP contribution in [0.1, 0.15) is 24.4 Å². The highest BCUT2D eigenvalue weighted by Gasteiger charge is 2.38. The van der Waals surface area contributed by atoms with Crippen molar-refractivity contribution in [1.82, 2.24) is 4.31 Å². The lowest BCUT2D eigenvalue weighted by atomic mass is 10.1. The number of nitrogens with zero attached hydrogens (tertiary/aromatic N) is 1. The molecule has 3 rings (SSSR count). The zero-order chi connectivity index (χ0) is 15.0. The van der Waals surface area contributed by atoms with Gasteiger partial charge >= 0.3 is 0 Å². The minimum Gasteiger partial charge on any atom is -0.398 e. The second-order valence-corrected chi connectivity index (χ2v) is 8.00. The Morgan fingerprint density at radius 3 is 2.81 bits per heavy atom. The predicted molar refractivity (Wildman–Crippen MR) is 86.1 cm³/mol. The lowest BCUT2D eigenvalue weighted by molar-refractivity contribution is 0.397. The van der Waals surface area contributed by atoms with Gasteiger partial charge in [0.1, 0.15) is 4.90 Å². The van der Waals surface area contributed by atoms with Crippen molar-refractivity contribution in [3.8, 4) is 0 Å². The molecule has 1 atom stereocenters. The van der Waals surface area contributed by atoms with Crippen molar-refractivity contribution in [2.45, 2.75) is 23.8 Å². The second kappa shape index (κ2) is 5.61. The fourth-order valence-corrected chi connectivity index (χ4v) is 5.77. The summed E-state index contributed by atoms with van der Waals surface area (Å²) in [5.41, 5.74) is 7.08. The average molecular weight is 343 g/mol. The Labute approximate surface area is 133 Å². The second-order valence-electron chi connectivity index (χ2n) is 4.99. The number of benzene rings is 1. The molecule has 21 heavy (non-hydrogen) atoms. The van der Waals surface area contributed by atoms with E-state index in [1.54, 1.807) is 29.5 Å². The highest BCUT2D eigenvalue weighted by atomic mass is 35.5. The van der Waals surface area contributed by atoms with Crippen molar-refractivity contribution in [3.05, 3.63) is 45.6 Å². The Balaban J connectivity index is 2.06. The molecule has 1 fully saturated rings. The maximum absolute atomic E-state index is 12.9. The van der Waals surface area contributed by atoms with E-state index in [9.17, 15) is 8.42 Å². The van der Waals surface area contributed by atoms with Crippen molar-refractivity contribution >= 4 is 38.6 Å². The van der Waals surface area contributed by atoms with Crippen molar-refractivity contribution < 1.29 is 8.42 Å². The molecule has 0 amide bonds. The fraction of sp³-hybridized carbons (Fsp3) is 0.286. The Morgan fingerprint density at radius 2 is 2.14 bits per heavy atom. The summed E-state index contributed by atoms with van der Waals surface area (Å²) in [4.78, 5) is 0.0220. The number of thiophene rings is 1. The summed E-state index contributed by atoms with van der Waals surface area (Å²) < 4.78 is 27.4. The van der Waals surface area contributed by atoms with Gasteiger partial charge in [-0.2, -0.15) is 15.6 Å². The molecule has 2 N–H and O–H groups in total. The van der Waals surface area contributed by atoms with Gasteiger partial charge < -0.3 is 5.73 Å². The van der Waals surface area contributed by atoms with Gasteiger partial charge in [0.05, 0.1) is 16.8 Å². The first-order valence-electron chi connectivity index (χ1n) is 6.60. The lowest BCUT2D eigenvalue weighted by Crippen LogP contribution is -2.31. The summed E-state index contributed by atoms with van der Waals surface area (Å²) in [6, 6.07) is 6.61. The van der Waals surface area contributed by atoms with E-state index in [-0.39, 0.29) is 21.6 Å². The van der Waals surface area contributed by atoms with E-state index in [1.807, 2.05) is 16.8 Å². The molecule has 1 aromatic heterocycles. The molecule has 0 spiro atoms. The molecular formula is C14H15ClN2O2S2. The summed E-state index contributed by atoms with van der Waals surface area (Å²) in [5.74, 6) is 0. The van der Waals surface area contributed by atoms with Crippen LogP contribution >= 0.6 is 22.9 Å². The Bertz CT molecular complexity index is 724. The quantitative estimate of drug-likeness (QED) is 0.868. The summed E-state index contributed by atoms with van der Waals surface area (Å²) in [6.07, 6.45) is 1.66. The van der Waals surface area contributed by atoms with Gasteiger partial charge in [-0.1, -0.05) is 17.7 Å². The molecule has 7 heteroatoms. The van der Waals surface area contributed by atoms with Crippen molar-refractivity contribution in [2.24, 2.45) is 0 Å². The van der Waals surface area contributed by atoms with Crippen molar-refractivity contribution in [2.75, 3.05) is 12.3 Å². The number of rotatable bonds is 3. The van der Waals surface area contributed by atoms with Crippen LogP contribution in [0.5, 0.6) is 0 Å². The van der Waals surface area contributed by atoms with E-state index in [0.717, 1.165) is 18.4 Å². The number of hydrogen-bond acceptors (Lipinski definition) is 4. The standard InChI is InChI=1S/C14H15ClN2O2S2/c15-11-3-1-4-12(16)14(11)21(18,19)17-7-2-5-13(17)10-6-8-20-9-10/h1,3-4,6,8-9,13H,2,5,7,16H2. The number of nitrogens with two attached hydrogens (primary N) is 1. The first-order valence-corrected chi connectivity index (χ1v) is 9.36. The van der Waals surface area contributed by atoms with Gasteiger partial charge in [-0.15, -0.1) is 0 Å². The normalized spacial score (nSPS) is 20.0. The van der Waals surface area contributed by atoms with Crippen LogP contribution in [0.15, 0.2) is 39.9 Å². The van der Waals surface area contributed by atoms with Gasteiger partial charge in [-0.25, -0.2) is 8.42 Å². The Morgan fingerprint density at radius 1 is 1.33 bits per heavy atom. The van der Waals surface area contributed by atoms with Crippen LogP contribution in [0.4, 0.5) is 5.69 Å². The maximum Gasteiger partial charge on any atom is 0.247 e. The van der Waals surface area contributed by atoms with Crippen molar-refractivity contribution in [3.63, 3.8) is 0 Å². The van der Waals surface area contributed by atoms with Crippen LogP contribution < -0.4 is 5.73 Å². The molecule has 1 aromatic carbocycles. The molecule has 0 saturated carbocycles. The number of halogens is 1. The topological polar surface area (TPSA) is 63.4 Å². The Hall–Kier alpha value is -1.08. The number of hydrogen-bond donors (Lipinski definition) is 1. The SMILES string of the molecule is Nc1cccc(Cl)c1S(=O)(=O)N1CCCC1c1ccsc1. The predicted octanol–water partition coefficient (Wildman–Crippen LogP) is 3.51. The van der Waals surface area contributed by atoms with E-state index in [0.29, 0.717) is 6.54 Å². The summed E-state index contributed by atoms with van der Waals surface area (Å²) >= 11 is 7.65. The third kappa shape index (κ3) is 2.57. The molecule has 4 nitrogen and oxygen atoms in total. The number of anilines is 1. The van der Waals surface area contributed by atoms with Gasteiger partial charge in [0, 0.05) is 6.54 Å². The lowest BCUT2D eigenvalue weighted by Gasteiger charge is -2.24. The smallest absolute Gasteiger partial charge is 0.247 e. The monoisotopic (exact) mass is 342 g/mol. The van der Waals surface area contributed by atoms with Gasteiger partial charge in [0.15, 0.2) is 0 Å². The third-order valence-electron chi connectivity index (χ3n) is 3.70. The summed E-state index contributed by atoms with van der Waals surface area (Å²) in [5, 5.41) is 4.13. The number of sulfonamides is 1. The molecule has 1 aliphatic heterocycles. The minimum atomic E-state index is -3.69. The molecule has 1 unspecified atom stereocenters. The molecule has 0 aliphatic carbocycles. The van der Waals surface area contributed by atoms with E-state index in [1.165, 1.54) is 4.31 Å². The molecular weight excluding hydrogens is 328 g/mol. The summed E-state index contributed by atoms with van der Waals surface area (Å²) in [6.45, 7) is 0.494. The first-order chi connectivity index (χ1) is 10.0. The summed E-state index contributed by atoms with van der Waals surface area (Å²) in [7, 11) is -3.69. The third-order valence-corrected chi connectivity index (χ3v) is 6.85. The van der Waals surface area contributed by atoms with Crippen LogP contribution in [0.2, 0.25) is 5.02 Å². The van der Waals surface area contributed by atoms with E-state index < -0.39 is 10.0 Å². The first kappa shape index (κ1) is 14.8. The van der Waals surface area contributed by atoms with Gasteiger partial charge in [0.25, 0.3) is 0 Å². The van der Waals surface area contributed by atoms with Crippen molar-refractivity contribution in [1.29, 1.82) is 0 Å². The molecule has 2 aromatic rings. The van der Waals surface area contributed by atoms with E-state index >= 15 is 0 Å². The van der Waals surface area contributed by atoms with Gasteiger partial charge in [0.2, 0.25) is 10.0 Å². The van der Waals surface area contributed by atoms with Gasteiger partial charge in [-0.3, -0.25) is 0 Å². The van der Waals surface area contributed by atoms with Crippen LogP contribution in [0.25, 0.3) is 0 Å². The molecule has 112 valence electrons. The highest BCUT2D eigenvalue weighted by Crippen LogP contribution is 2.40.